The summed E-state index contributed by atoms with van der Waals surface area (Å²) in [6, 6.07) is 20.3. The van der Waals surface area contributed by atoms with E-state index in [4.69, 9.17) is 5.11 Å². The third-order valence-corrected chi connectivity index (χ3v) is 5.44. The molecular weight excluding hydrogens is 601 g/mol. The van der Waals surface area contributed by atoms with E-state index in [0.29, 0.717) is 11.8 Å². The molecule has 0 aliphatic heterocycles. The molecule has 0 spiro atoms. The number of aliphatic hydroxyl groups excluding tert-OH is 1. The number of hydrogen-bond donors (Lipinski definition) is 1. The Hall–Kier alpha value is -2.88. The van der Waals surface area contributed by atoms with Crippen molar-refractivity contribution in [2.24, 2.45) is 0 Å². The maximum absolute atomic E-state index is 10.0. The molecule has 3 aromatic carbocycles. The molecule has 4 rings (SSSR count). The summed E-state index contributed by atoms with van der Waals surface area (Å²) in [5.74, 6) is 0.878. The quantitative estimate of drug-likeness (QED) is 0.110. The van der Waals surface area contributed by atoms with Crippen molar-refractivity contribution >= 4 is 27.5 Å². The second-order valence-corrected chi connectivity index (χ2v) is 8.87. The molecular formula is C29H31IrN2O2-. The molecule has 179 valence electrons. The van der Waals surface area contributed by atoms with Crippen molar-refractivity contribution in [3.05, 3.63) is 83.9 Å². The Kier molecular flexibility index (Phi) is 9.66. The van der Waals surface area contributed by atoms with Gasteiger partial charge in [0.2, 0.25) is 0 Å². The van der Waals surface area contributed by atoms with Crippen molar-refractivity contribution in [2.75, 3.05) is 0 Å². The average molecular weight is 632 g/mol. The van der Waals surface area contributed by atoms with Crippen LogP contribution >= 0.6 is 0 Å². The first-order chi connectivity index (χ1) is 15.7. The molecule has 0 saturated carbocycles. The van der Waals surface area contributed by atoms with Crippen molar-refractivity contribution in [3.63, 3.8) is 0 Å². The Labute approximate surface area is 215 Å². The maximum atomic E-state index is 10.0. The summed E-state index contributed by atoms with van der Waals surface area (Å²) in [7, 11) is 0. The first-order valence-corrected chi connectivity index (χ1v) is 11.2. The molecule has 1 N–H and O–H groups in total. The number of aliphatic hydroxyl groups is 1. The minimum atomic E-state index is -0.125. The largest absolute Gasteiger partial charge is 0.512 e. The predicted octanol–water partition coefficient (Wildman–Crippen LogP) is 7.53. The van der Waals surface area contributed by atoms with Crippen LogP contribution < -0.4 is 0 Å². The van der Waals surface area contributed by atoms with Crippen LogP contribution in [0, 0.1) is 6.07 Å². The predicted molar refractivity (Wildman–Crippen MR) is 137 cm³/mol. The molecule has 34 heavy (non-hydrogen) atoms. The third-order valence-electron chi connectivity index (χ3n) is 5.44. The number of fused-ring (bicyclic) bond motifs is 3. The number of carbonyl (C=O) groups excluding carboxylic acids is 1. The van der Waals surface area contributed by atoms with Gasteiger partial charge in [-0.15, -0.1) is 35.9 Å². The zero-order valence-electron chi connectivity index (χ0n) is 20.5. The molecule has 4 nitrogen and oxygen atoms in total. The number of nitrogens with zero attached hydrogens (tertiary/aromatic N) is 2. The number of ketones is 1. The van der Waals surface area contributed by atoms with E-state index in [1.54, 1.807) is 6.33 Å². The van der Waals surface area contributed by atoms with E-state index in [-0.39, 0.29) is 31.6 Å². The number of benzene rings is 3. The summed E-state index contributed by atoms with van der Waals surface area (Å²) in [6.07, 6.45) is 2.85. The zero-order valence-corrected chi connectivity index (χ0v) is 22.9. The van der Waals surface area contributed by atoms with Gasteiger partial charge in [0.1, 0.15) is 6.33 Å². The van der Waals surface area contributed by atoms with Gasteiger partial charge in [-0.25, -0.2) is 4.98 Å². The third kappa shape index (κ3) is 6.37. The van der Waals surface area contributed by atoms with Gasteiger partial charge in [-0.1, -0.05) is 52.0 Å². The Balaban J connectivity index is 0.000000449. The summed E-state index contributed by atoms with van der Waals surface area (Å²) in [5, 5.41) is 12.0. The van der Waals surface area contributed by atoms with Gasteiger partial charge < -0.3 is 5.11 Å². The van der Waals surface area contributed by atoms with Gasteiger partial charge in [0.15, 0.2) is 5.78 Å². The minimum Gasteiger partial charge on any atom is -0.512 e. The monoisotopic (exact) mass is 632 g/mol. The van der Waals surface area contributed by atoms with Crippen LogP contribution in [0.3, 0.4) is 0 Å². The average Bonchev–Trinajstić information content (AvgIpc) is 2.77. The van der Waals surface area contributed by atoms with E-state index < -0.39 is 0 Å². The van der Waals surface area contributed by atoms with Crippen LogP contribution in [-0.2, 0) is 24.9 Å². The number of rotatable bonds is 4. The normalized spacial score (nSPS) is 11.4. The second-order valence-electron chi connectivity index (χ2n) is 8.87. The van der Waals surface area contributed by atoms with Crippen LogP contribution in [0.25, 0.3) is 32.9 Å². The summed E-state index contributed by atoms with van der Waals surface area (Å²) in [4.78, 5) is 19.3. The van der Waals surface area contributed by atoms with Gasteiger partial charge in [0, 0.05) is 31.6 Å². The number of allylic oxidation sites excluding steroid dienone is 2. The molecule has 0 amide bonds. The SMILES string of the molecule is CC(=O)/C=C(/C)O.CC(C)c1cc(C(C)C)c2c(ccc3c(-c4[c-]cccc4)ncnc32)c1.[Ir]. The molecule has 0 aliphatic rings. The molecule has 1 aromatic heterocycles. The van der Waals surface area contributed by atoms with E-state index in [9.17, 15) is 4.79 Å². The van der Waals surface area contributed by atoms with Crippen molar-refractivity contribution < 1.29 is 30.0 Å². The minimum absolute atomic E-state index is 0. The van der Waals surface area contributed by atoms with E-state index in [1.165, 1.54) is 41.8 Å². The Morgan fingerprint density at radius 2 is 1.74 bits per heavy atom. The van der Waals surface area contributed by atoms with Crippen LogP contribution in [0.4, 0.5) is 0 Å². The van der Waals surface area contributed by atoms with Crippen LogP contribution in [0.15, 0.2) is 66.7 Å². The Morgan fingerprint density at radius 1 is 1.00 bits per heavy atom. The molecule has 0 unspecified atom stereocenters. The molecule has 0 saturated heterocycles. The zero-order chi connectivity index (χ0) is 24.1. The molecule has 4 aromatic rings. The maximum Gasteiger partial charge on any atom is 0.155 e. The van der Waals surface area contributed by atoms with E-state index in [0.717, 1.165) is 22.2 Å². The first kappa shape index (κ1) is 27.4. The first-order valence-electron chi connectivity index (χ1n) is 11.2. The summed E-state index contributed by atoms with van der Waals surface area (Å²) >= 11 is 0. The van der Waals surface area contributed by atoms with Gasteiger partial charge >= 0.3 is 0 Å². The smallest absolute Gasteiger partial charge is 0.155 e. The molecule has 0 bridgehead atoms. The number of aromatic nitrogens is 2. The molecule has 0 aliphatic carbocycles. The number of carbonyl (C=O) groups is 1. The van der Waals surface area contributed by atoms with Gasteiger partial charge in [0.05, 0.1) is 11.3 Å². The fourth-order valence-corrected chi connectivity index (χ4v) is 3.88. The van der Waals surface area contributed by atoms with E-state index >= 15 is 0 Å². The molecule has 0 atom stereocenters. The standard InChI is InChI=1S/C24H23N2.C5H8O2.Ir/c1-15(2)19-12-18-10-11-20-23(17-8-6-5-7-9-17)25-14-26-24(20)22(18)21(13-19)16(3)4;1-4(6)3-5(2)7;/h5-8,10-16H,1-4H3;3,6H,1-2H3;/q-1;;/b;4-3-;. The molecule has 1 heterocycles. The van der Waals surface area contributed by atoms with Gasteiger partial charge in [-0.05, 0) is 53.3 Å². The Bertz CT molecular complexity index is 1310. The van der Waals surface area contributed by atoms with Crippen LogP contribution in [0.2, 0.25) is 0 Å². The van der Waals surface area contributed by atoms with E-state index in [2.05, 4.69) is 74.1 Å². The van der Waals surface area contributed by atoms with Gasteiger partial charge in [-0.2, -0.15) is 0 Å². The Morgan fingerprint density at radius 3 is 2.26 bits per heavy atom. The molecule has 0 fully saturated rings. The van der Waals surface area contributed by atoms with Crippen molar-refractivity contribution in [1.82, 2.24) is 9.97 Å². The van der Waals surface area contributed by atoms with Crippen LogP contribution in [0.1, 0.15) is 64.5 Å². The van der Waals surface area contributed by atoms with Crippen molar-refractivity contribution in [3.8, 4) is 11.3 Å². The fraction of sp³-hybridized carbons (Fsp3) is 0.276. The van der Waals surface area contributed by atoms with E-state index in [1.807, 2.05) is 18.2 Å². The summed E-state index contributed by atoms with van der Waals surface area (Å²) < 4.78 is 0. The van der Waals surface area contributed by atoms with Crippen LogP contribution in [0.5, 0.6) is 0 Å². The van der Waals surface area contributed by atoms with Crippen molar-refractivity contribution in [1.29, 1.82) is 0 Å². The topological polar surface area (TPSA) is 63.1 Å². The van der Waals surface area contributed by atoms with Gasteiger partial charge in [0.25, 0.3) is 0 Å². The van der Waals surface area contributed by atoms with Crippen LogP contribution in [-0.4, -0.2) is 20.9 Å². The second kappa shape index (κ2) is 12.0. The molecule has 5 heteroatoms. The summed E-state index contributed by atoms with van der Waals surface area (Å²) in [5.41, 5.74) is 5.72. The number of hydrogen-bond acceptors (Lipinski definition) is 4. The van der Waals surface area contributed by atoms with Gasteiger partial charge in [-0.3, -0.25) is 9.78 Å². The fourth-order valence-electron chi connectivity index (χ4n) is 3.88. The molecule has 1 radical (unpaired) electrons. The summed E-state index contributed by atoms with van der Waals surface area (Å²) in [6.45, 7) is 11.9. The van der Waals surface area contributed by atoms with Crippen molar-refractivity contribution in [2.45, 2.75) is 53.4 Å².